The van der Waals surface area contributed by atoms with E-state index < -0.39 is 0 Å². The molecule has 1 rings (SSSR count). The third-order valence-electron chi connectivity index (χ3n) is 2.39. The zero-order valence-electron chi connectivity index (χ0n) is 10.1. The average molecular weight is 247 g/mol. The van der Waals surface area contributed by atoms with Crippen LogP contribution in [-0.4, -0.2) is 24.3 Å². The van der Waals surface area contributed by atoms with Crippen molar-refractivity contribution < 1.29 is 9.90 Å². The summed E-state index contributed by atoms with van der Waals surface area (Å²) in [7, 11) is 0. The topological polar surface area (TPSA) is 85.2 Å². The highest BCUT2D eigenvalue weighted by atomic mass is 16.2. The number of urea groups is 1. The van der Waals surface area contributed by atoms with Crippen molar-refractivity contribution in [2.75, 3.05) is 18.5 Å². The first-order chi connectivity index (χ1) is 8.76. The number of aliphatic hydroxyl groups excluding tert-OH is 1. The number of aliphatic hydroxyl groups is 1. The predicted molar refractivity (Wildman–Crippen MR) is 69.1 cm³/mol. The van der Waals surface area contributed by atoms with Crippen LogP contribution in [0.15, 0.2) is 24.3 Å². The van der Waals surface area contributed by atoms with E-state index in [2.05, 4.69) is 10.6 Å². The first kappa shape index (κ1) is 14.0. The molecule has 1 aromatic rings. The number of unbranched alkanes of at least 4 members (excludes halogenated alkanes) is 2. The number of benzene rings is 1. The van der Waals surface area contributed by atoms with Gasteiger partial charge in [0.05, 0.1) is 11.6 Å². The number of nitrogens with zero attached hydrogens (tertiary/aromatic N) is 1. The largest absolute Gasteiger partial charge is 0.396 e. The Morgan fingerprint density at radius 3 is 2.56 bits per heavy atom. The van der Waals surface area contributed by atoms with Crippen LogP contribution in [-0.2, 0) is 0 Å². The van der Waals surface area contributed by atoms with E-state index in [4.69, 9.17) is 10.4 Å². The Balaban J connectivity index is 2.25. The highest BCUT2D eigenvalue weighted by Crippen LogP contribution is 2.08. The minimum Gasteiger partial charge on any atom is -0.396 e. The molecule has 0 spiro atoms. The molecule has 0 bridgehead atoms. The molecular weight excluding hydrogens is 230 g/mol. The summed E-state index contributed by atoms with van der Waals surface area (Å²) in [5.41, 5.74) is 1.21. The fourth-order valence-electron chi connectivity index (χ4n) is 1.42. The molecule has 0 atom stereocenters. The molecular formula is C13H17N3O2. The van der Waals surface area contributed by atoms with Crippen molar-refractivity contribution in [3.05, 3.63) is 29.8 Å². The Bertz CT molecular complexity index is 409. The van der Waals surface area contributed by atoms with E-state index in [0.717, 1.165) is 19.3 Å². The second kappa shape index (κ2) is 8.09. The zero-order chi connectivity index (χ0) is 13.2. The number of amides is 2. The van der Waals surface area contributed by atoms with Crippen LogP contribution in [0.5, 0.6) is 0 Å². The summed E-state index contributed by atoms with van der Waals surface area (Å²) in [5, 5.41) is 22.6. The molecule has 0 aromatic heterocycles. The van der Waals surface area contributed by atoms with Crippen molar-refractivity contribution in [1.29, 1.82) is 5.26 Å². The molecule has 18 heavy (non-hydrogen) atoms. The predicted octanol–water partition coefficient (Wildman–Crippen LogP) is 1.84. The van der Waals surface area contributed by atoms with Crippen LogP contribution < -0.4 is 10.6 Å². The van der Waals surface area contributed by atoms with Crippen LogP contribution in [0.2, 0.25) is 0 Å². The summed E-state index contributed by atoms with van der Waals surface area (Å²) < 4.78 is 0. The number of hydrogen-bond acceptors (Lipinski definition) is 3. The molecule has 5 nitrogen and oxygen atoms in total. The highest BCUT2D eigenvalue weighted by Gasteiger charge is 2.00. The summed E-state index contributed by atoms with van der Waals surface area (Å²) in [6, 6.07) is 8.42. The molecule has 0 heterocycles. The molecule has 0 aliphatic heterocycles. The lowest BCUT2D eigenvalue weighted by Crippen LogP contribution is -2.29. The van der Waals surface area contributed by atoms with Crippen LogP contribution >= 0.6 is 0 Å². The number of rotatable bonds is 6. The van der Waals surface area contributed by atoms with Crippen LogP contribution in [0, 0.1) is 11.3 Å². The van der Waals surface area contributed by atoms with Crippen molar-refractivity contribution in [1.82, 2.24) is 5.32 Å². The van der Waals surface area contributed by atoms with Gasteiger partial charge < -0.3 is 15.7 Å². The van der Waals surface area contributed by atoms with Gasteiger partial charge in [-0.1, -0.05) is 0 Å². The lowest BCUT2D eigenvalue weighted by atomic mass is 10.2. The molecule has 0 radical (unpaired) electrons. The third-order valence-corrected chi connectivity index (χ3v) is 2.39. The summed E-state index contributed by atoms with van der Waals surface area (Å²) in [5.74, 6) is 0. The van der Waals surface area contributed by atoms with Gasteiger partial charge in [0.15, 0.2) is 0 Å². The Morgan fingerprint density at radius 2 is 1.94 bits per heavy atom. The van der Waals surface area contributed by atoms with E-state index in [1.165, 1.54) is 0 Å². The van der Waals surface area contributed by atoms with Gasteiger partial charge in [0.2, 0.25) is 0 Å². The van der Waals surface area contributed by atoms with Crippen LogP contribution in [0.1, 0.15) is 24.8 Å². The Kier molecular flexibility index (Phi) is 6.30. The van der Waals surface area contributed by atoms with Crippen LogP contribution in [0.4, 0.5) is 10.5 Å². The van der Waals surface area contributed by atoms with E-state index in [9.17, 15) is 4.79 Å². The summed E-state index contributed by atoms with van der Waals surface area (Å²) in [4.78, 5) is 11.5. The van der Waals surface area contributed by atoms with Gasteiger partial charge in [-0.3, -0.25) is 0 Å². The van der Waals surface area contributed by atoms with Gasteiger partial charge in [0, 0.05) is 18.8 Å². The van der Waals surface area contributed by atoms with E-state index in [1.807, 2.05) is 6.07 Å². The standard InChI is InChI=1S/C13H17N3O2/c14-10-11-4-6-12(7-5-11)16-13(18)15-8-2-1-3-9-17/h4-7,17H,1-3,8-9H2,(H2,15,16,18). The maximum atomic E-state index is 11.5. The molecule has 2 amide bonds. The van der Waals surface area contributed by atoms with E-state index in [-0.39, 0.29) is 12.6 Å². The fraction of sp³-hybridized carbons (Fsp3) is 0.385. The molecule has 0 saturated heterocycles. The van der Waals surface area contributed by atoms with Crippen LogP contribution in [0.25, 0.3) is 0 Å². The normalized spacial score (nSPS) is 9.56. The Labute approximate surface area is 106 Å². The van der Waals surface area contributed by atoms with Gasteiger partial charge >= 0.3 is 6.03 Å². The molecule has 1 aromatic carbocycles. The Morgan fingerprint density at radius 1 is 1.22 bits per heavy atom. The van der Waals surface area contributed by atoms with E-state index >= 15 is 0 Å². The van der Waals surface area contributed by atoms with Crippen molar-refractivity contribution in [2.45, 2.75) is 19.3 Å². The summed E-state index contributed by atoms with van der Waals surface area (Å²) in [6.45, 7) is 0.777. The molecule has 0 unspecified atom stereocenters. The van der Waals surface area contributed by atoms with Gasteiger partial charge in [-0.15, -0.1) is 0 Å². The van der Waals surface area contributed by atoms with Crippen LogP contribution in [0.3, 0.4) is 0 Å². The third kappa shape index (κ3) is 5.32. The van der Waals surface area contributed by atoms with Crippen molar-refractivity contribution >= 4 is 11.7 Å². The van der Waals surface area contributed by atoms with Crippen molar-refractivity contribution in [2.24, 2.45) is 0 Å². The highest BCUT2D eigenvalue weighted by molar-refractivity contribution is 5.89. The SMILES string of the molecule is N#Cc1ccc(NC(=O)NCCCCCO)cc1. The molecule has 3 N–H and O–H groups in total. The second-order valence-electron chi connectivity index (χ2n) is 3.85. The van der Waals surface area contributed by atoms with Gasteiger partial charge in [0.25, 0.3) is 0 Å². The first-order valence-corrected chi connectivity index (χ1v) is 5.92. The van der Waals surface area contributed by atoms with Gasteiger partial charge in [-0.2, -0.15) is 5.26 Å². The number of anilines is 1. The molecule has 96 valence electrons. The number of nitrogens with one attached hydrogen (secondary N) is 2. The molecule has 0 fully saturated rings. The molecule has 0 saturated carbocycles. The molecule has 5 heteroatoms. The van der Waals surface area contributed by atoms with Crippen molar-refractivity contribution in [3.63, 3.8) is 0 Å². The minimum atomic E-state index is -0.260. The number of nitriles is 1. The van der Waals surface area contributed by atoms with Gasteiger partial charge in [-0.05, 0) is 43.5 Å². The Hall–Kier alpha value is -2.06. The fourth-order valence-corrected chi connectivity index (χ4v) is 1.42. The number of carbonyl (C=O) groups is 1. The average Bonchev–Trinajstić information content (AvgIpc) is 2.39. The maximum Gasteiger partial charge on any atom is 0.319 e. The van der Waals surface area contributed by atoms with Crippen molar-refractivity contribution in [3.8, 4) is 6.07 Å². The quantitative estimate of drug-likeness (QED) is 0.670. The van der Waals surface area contributed by atoms with E-state index in [1.54, 1.807) is 24.3 Å². The summed E-state index contributed by atoms with van der Waals surface area (Å²) >= 11 is 0. The lowest BCUT2D eigenvalue weighted by molar-refractivity contribution is 0.251. The first-order valence-electron chi connectivity index (χ1n) is 5.92. The monoisotopic (exact) mass is 247 g/mol. The van der Waals surface area contributed by atoms with Gasteiger partial charge in [-0.25, -0.2) is 4.79 Å². The lowest BCUT2D eigenvalue weighted by Gasteiger charge is -2.07. The van der Waals surface area contributed by atoms with E-state index in [0.29, 0.717) is 17.8 Å². The van der Waals surface area contributed by atoms with Gasteiger partial charge in [0.1, 0.15) is 0 Å². The smallest absolute Gasteiger partial charge is 0.319 e. The summed E-state index contributed by atoms with van der Waals surface area (Å²) in [6.07, 6.45) is 2.51. The maximum absolute atomic E-state index is 11.5. The number of hydrogen-bond donors (Lipinski definition) is 3. The number of carbonyl (C=O) groups excluding carboxylic acids is 1. The molecule has 0 aliphatic carbocycles. The second-order valence-corrected chi connectivity index (χ2v) is 3.85. The molecule has 0 aliphatic rings. The zero-order valence-corrected chi connectivity index (χ0v) is 10.1. The minimum absolute atomic E-state index is 0.192.